The van der Waals surface area contributed by atoms with Crippen LogP contribution in [0.4, 0.5) is 21.5 Å². The number of anilines is 1. The predicted octanol–water partition coefficient (Wildman–Crippen LogP) is 4.51. The Morgan fingerprint density at radius 3 is 2.48 bits per heavy atom. The minimum atomic E-state index is -0.434. The zero-order valence-electron chi connectivity index (χ0n) is 13.5. The first-order valence-electron chi connectivity index (χ1n) is 7.55. The van der Waals surface area contributed by atoms with Crippen molar-refractivity contribution in [3.8, 4) is 0 Å². The lowest BCUT2D eigenvalue weighted by Gasteiger charge is -2.05. The van der Waals surface area contributed by atoms with Crippen LogP contribution in [0, 0.1) is 10.1 Å². The second-order valence-corrected chi connectivity index (χ2v) is 6.29. The van der Waals surface area contributed by atoms with Gasteiger partial charge in [-0.15, -0.1) is 0 Å². The second-order valence-electron chi connectivity index (χ2n) is 5.31. The molecule has 0 aliphatic heterocycles. The van der Waals surface area contributed by atoms with Crippen LogP contribution < -0.4 is 9.88 Å². The first-order chi connectivity index (χ1) is 12.1. The average Bonchev–Trinajstić information content (AvgIpc) is 3.01. The van der Waals surface area contributed by atoms with Gasteiger partial charge in [0.25, 0.3) is 0 Å². The van der Waals surface area contributed by atoms with Crippen LogP contribution in [0.5, 0.6) is 0 Å². The van der Waals surface area contributed by atoms with Gasteiger partial charge in [-0.2, -0.15) is 0 Å². The number of nitrogens with zero attached hydrogens (tertiary/aromatic N) is 4. The molecule has 2 aromatic carbocycles. The molecule has 0 aliphatic rings. The highest BCUT2D eigenvalue weighted by Crippen LogP contribution is 2.27. The maximum atomic E-state index is 10.8. The Hall–Kier alpha value is -3.13. The molecule has 0 saturated heterocycles. The molecule has 3 rings (SSSR count). The van der Waals surface area contributed by atoms with E-state index in [-0.39, 0.29) is 5.00 Å². The van der Waals surface area contributed by atoms with Gasteiger partial charge in [-0.25, -0.2) is 4.57 Å². The summed E-state index contributed by atoms with van der Waals surface area (Å²) in [4.78, 5) is 10.3. The van der Waals surface area contributed by atoms with Crippen molar-refractivity contribution in [2.45, 2.75) is 6.54 Å². The second kappa shape index (κ2) is 7.63. The van der Waals surface area contributed by atoms with Crippen molar-refractivity contribution in [3.63, 3.8) is 0 Å². The van der Waals surface area contributed by atoms with Gasteiger partial charge >= 0.3 is 10.1 Å². The SMILES string of the molecule is C[n+]1cc([N+](=O)[O-])sc1N=Nc1ccc(NCc2ccccc2)cc1. The van der Waals surface area contributed by atoms with E-state index in [0.717, 1.165) is 23.6 Å². The third kappa shape index (κ3) is 4.45. The molecule has 0 unspecified atom stereocenters. The lowest BCUT2D eigenvalue weighted by Crippen LogP contribution is -2.23. The Morgan fingerprint density at radius 1 is 1.12 bits per heavy atom. The highest BCUT2D eigenvalue weighted by Gasteiger charge is 2.21. The van der Waals surface area contributed by atoms with Crippen molar-refractivity contribution < 1.29 is 9.49 Å². The van der Waals surface area contributed by atoms with Gasteiger partial charge in [0, 0.05) is 23.6 Å². The fourth-order valence-corrected chi connectivity index (χ4v) is 2.89. The molecular weight excluding hydrogens is 338 g/mol. The van der Waals surface area contributed by atoms with Crippen LogP contribution in [0.25, 0.3) is 0 Å². The molecule has 0 radical (unpaired) electrons. The van der Waals surface area contributed by atoms with Crippen LogP contribution >= 0.6 is 11.3 Å². The number of rotatable bonds is 6. The zero-order valence-corrected chi connectivity index (χ0v) is 14.3. The molecule has 0 fully saturated rings. The highest BCUT2D eigenvalue weighted by molar-refractivity contribution is 7.17. The van der Waals surface area contributed by atoms with Crippen LogP contribution in [0.2, 0.25) is 0 Å². The molecule has 0 bridgehead atoms. The number of hydrogen-bond acceptors (Lipinski definition) is 6. The normalized spacial score (nSPS) is 10.9. The van der Waals surface area contributed by atoms with Crippen LogP contribution in [-0.4, -0.2) is 4.92 Å². The van der Waals surface area contributed by atoms with Crippen molar-refractivity contribution in [1.29, 1.82) is 0 Å². The molecule has 126 valence electrons. The van der Waals surface area contributed by atoms with Crippen LogP contribution in [0.15, 0.2) is 71.0 Å². The van der Waals surface area contributed by atoms with E-state index in [4.69, 9.17) is 0 Å². The lowest BCUT2D eigenvalue weighted by atomic mass is 10.2. The first kappa shape index (κ1) is 16.7. The molecule has 1 heterocycles. The van der Waals surface area contributed by atoms with Crippen molar-refractivity contribution >= 4 is 32.8 Å². The molecule has 0 amide bonds. The Balaban J connectivity index is 1.63. The van der Waals surface area contributed by atoms with Crippen LogP contribution in [-0.2, 0) is 13.6 Å². The summed E-state index contributed by atoms with van der Waals surface area (Å²) in [5.74, 6) is 0. The fourth-order valence-electron chi connectivity index (χ4n) is 2.13. The number of nitro groups is 1. The Labute approximate surface area is 148 Å². The summed E-state index contributed by atoms with van der Waals surface area (Å²) in [6.07, 6.45) is 1.43. The van der Waals surface area contributed by atoms with Gasteiger partial charge < -0.3 is 5.32 Å². The molecule has 8 heteroatoms. The summed E-state index contributed by atoms with van der Waals surface area (Å²) in [5.41, 5.74) is 2.87. The van der Waals surface area contributed by atoms with Crippen molar-refractivity contribution in [3.05, 3.63) is 76.5 Å². The third-order valence-corrected chi connectivity index (χ3v) is 4.46. The largest absolute Gasteiger partial charge is 0.414 e. The van der Waals surface area contributed by atoms with Crippen LogP contribution in [0.1, 0.15) is 5.56 Å². The summed E-state index contributed by atoms with van der Waals surface area (Å²) in [6.45, 7) is 0.746. The molecule has 0 spiro atoms. The smallest absolute Gasteiger partial charge is 0.381 e. The fraction of sp³-hybridized carbons (Fsp3) is 0.118. The summed E-state index contributed by atoms with van der Waals surface area (Å²) >= 11 is 0.987. The minimum Gasteiger partial charge on any atom is -0.381 e. The average molecular weight is 354 g/mol. The maximum Gasteiger partial charge on any atom is 0.414 e. The van der Waals surface area contributed by atoms with Gasteiger partial charge in [-0.3, -0.25) is 10.1 Å². The molecule has 0 atom stereocenters. The van der Waals surface area contributed by atoms with Crippen LogP contribution in [0.3, 0.4) is 0 Å². The van der Waals surface area contributed by atoms with Crippen molar-refractivity contribution in [2.24, 2.45) is 17.3 Å². The van der Waals surface area contributed by atoms with Crippen molar-refractivity contribution in [1.82, 2.24) is 0 Å². The highest BCUT2D eigenvalue weighted by atomic mass is 32.1. The third-order valence-electron chi connectivity index (χ3n) is 3.44. The molecule has 1 aromatic heterocycles. The van der Waals surface area contributed by atoms with Crippen molar-refractivity contribution in [2.75, 3.05) is 5.32 Å². The number of hydrogen-bond donors (Lipinski definition) is 1. The molecule has 7 nitrogen and oxygen atoms in total. The summed E-state index contributed by atoms with van der Waals surface area (Å²) in [7, 11) is 1.70. The molecule has 3 aromatic rings. The van der Waals surface area contributed by atoms with E-state index in [1.54, 1.807) is 11.6 Å². The van der Waals surface area contributed by atoms with E-state index in [2.05, 4.69) is 27.7 Å². The number of benzene rings is 2. The number of aryl methyl sites for hydroxylation is 1. The molecule has 0 aliphatic carbocycles. The maximum absolute atomic E-state index is 10.8. The zero-order chi connectivity index (χ0) is 17.6. The van der Waals surface area contributed by atoms with Gasteiger partial charge in [0.15, 0.2) is 6.20 Å². The topological polar surface area (TPSA) is 83.8 Å². The summed E-state index contributed by atoms with van der Waals surface area (Å²) < 4.78 is 1.59. The Morgan fingerprint density at radius 2 is 1.84 bits per heavy atom. The monoisotopic (exact) mass is 354 g/mol. The number of thiazole rings is 1. The van der Waals surface area contributed by atoms with E-state index >= 15 is 0 Å². The predicted molar refractivity (Wildman–Crippen MR) is 96.5 cm³/mol. The van der Waals surface area contributed by atoms with E-state index in [1.165, 1.54) is 11.8 Å². The van der Waals surface area contributed by atoms with E-state index in [0.29, 0.717) is 10.8 Å². The van der Waals surface area contributed by atoms with Gasteiger partial charge in [0.2, 0.25) is 0 Å². The molecule has 25 heavy (non-hydrogen) atoms. The van der Waals surface area contributed by atoms with E-state index in [1.807, 2.05) is 42.5 Å². The van der Waals surface area contributed by atoms with Gasteiger partial charge in [-0.05, 0) is 34.9 Å². The number of azo groups is 1. The van der Waals surface area contributed by atoms with E-state index < -0.39 is 4.92 Å². The summed E-state index contributed by atoms with van der Waals surface area (Å²) in [5, 5.41) is 22.8. The molecule has 1 N–H and O–H groups in total. The van der Waals surface area contributed by atoms with Gasteiger partial charge in [0.05, 0.1) is 17.1 Å². The lowest BCUT2D eigenvalue weighted by molar-refractivity contribution is -0.656. The minimum absolute atomic E-state index is 0.0388. The number of nitrogens with one attached hydrogen (secondary N) is 1. The quantitative estimate of drug-likeness (QED) is 0.306. The van der Waals surface area contributed by atoms with Gasteiger partial charge in [-0.1, -0.05) is 30.3 Å². The molecular formula is C17H16N5O2S+. The van der Waals surface area contributed by atoms with E-state index in [9.17, 15) is 10.1 Å². The Kier molecular flexibility index (Phi) is 5.10. The number of aromatic nitrogens is 1. The standard InChI is InChI=1S/C17H15N5O2S/c1-21-12-16(22(23)24)25-17(21)20-19-15-9-7-14(8-10-15)18-11-13-5-3-2-4-6-13/h2-10,12H,11H2,1H3/p+1. The Bertz CT molecular complexity index is 891. The molecule has 0 saturated carbocycles. The summed E-state index contributed by atoms with van der Waals surface area (Å²) in [6, 6.07) is 17.7. The van der Waals surface area contributed by atoms with Gasteiger partial charge in [0.1, 0.15) is 5.69 Å². The first-order valence-corrected chi connectivity index (χ1v) is 8.37.